The van der Waals surface area contributed by atoms with Gasteiger partial charge in [0.1, 0.15) is 0 Å². The number of hydrogen-bond donors (Lipinski definition) is 1. The number of aromatic nitrogens is 2. The maximum Gasteiger partial charge on any atom is 0.359 e. The summed E-state index contributed by atoms with van der Waals surface area (Å²) < 4.78 is 5.07. The molecule has 1 N–H and O–H groups in total. The first-order valence-corrected chi connectivity index (χ1v) is 7.27. The van der Waals surface area contributed by atoms with Crippen molar-refractivity contribution in [2.75, 3.05) is 13.2 Å². The van der Waals surface area contributed by atoms with E-state index in [-0.39, 0.29) is 5.97 Å². The average molecular weight is 285 g/mol. The molecule has 0 unspecified atom stereocenters. The summed E-state index contributed by atoms with van der Waals surface area (Å²) in [5.41, 5.74) is 3.75. The predicted molar refractivity (Wildman–Crippen MR) is 78.8 cm³/mol. The van der Waals surface area contributed by atoms with Crippen LogP contribution in [0.3, 0.4) is 0 Å². The summed E-state index contributed by atoms with van der Waals surface area (Å²) in [7, 11) is 0. The molecule has 0 fully saturated rings. The standard InChI is InChI=1S/C16H19N3O2/c1-2-21-16(20)15-13-11-19(9-8-14(13)17-18-15)10-12-6-4-3-5-7-12/h3-7H,2,8-11H2,1H3,(H,17,18). The molecule has 0 aliphatic carbocycles. The van der Waals surface area contributed by atoms with Crippen molar-refractivity contribution in [1.29, 1.82) is 0 Å². The molecule has 1 aliphatic rings. The summed E-state index contributed by atoms with van der Waals surface area (Å²) in [5, 5.41) is 7.10. The van der Waals surface area contributed by atoms with Crippen LogP contribution in [0.15, 0.2) is 30.3 Å². The highest BCUT2D eigenvalue weighted by atomic mass is 16.5. The zero-order valence-corrected chi connectivity index (χ0v) is 12.1. The summed E-state index contributed by atoms with van der Waals surface area (Å²) in [6.07, 6.45) is 0.884. The van der Waals surface area contributed by atoms with Gasteiger partial charge in [-0.2, -0.15) is 5.10 Å². The van der Waals surface area contributed by atoms with Crippen LogP contribution >= 0.6 is 0 Å². The molecule has 2 aromatic rings. The lowest BCUT2D eigenvalue weighted by molar-refractivity contribution is 0.0516. The highest BCUT2D eigenvalue weighted by molar-refractivity contribution is 5.89. The van der Waals surface area contributed by atoms with Crippen LogP contribution in [0.2, 0.25) is 0 Å². The topological polar surface area (TPSA) is 58.2 Å². The minimum absolute atomic E-state index is 0.337. The van der Waals surface area contributed by atoms with Gasteiger partial charge in [0.05, 0.1) is 6.61 Å². The summed E-state index contributed by atoms with van der Waals surface area (Å²) in [4.78, 5) is 14.2. The van der Waals surface area contributed by atoms with E-state index in [9.17, 15) is 4.79 Å². The van der Waals surface area contributed by atoms with Crippen molar-refractivity contribution < 1.29 is 9.53 Å². The van der Waals surface area contributed by atoms with E-state index in [0.717, 1.165) is 37.3 Å². The lowest BCUT2D eigenvalue weighted by Gasteiger charge is -2.26. The van der Waals surface area contributed by atoms with E-state index < -0.39 is 0 Å². The van der Waals surface area contributed by atoms with Crippen molar-refractivity contribution in [2.24, 2.45) is 0 Å². The smallest absolute Gasteiger partial charge is 0.359 e. The Morgan fingerprint density at radius 1 is 1.38 bits per heavy atom. The molecule has 0 atom stereocenters. The van der Waals surface area contributed by atoms with Gasteiger partial charge in [-0.05, 0) is 12.5 Å². The first-order valence-electron chi connectivity index (χ1n) is 7.27. The number of ether oxygens (including phenoxy) is 1. The van der Waals surface area contributed by atoms with Crippen LogP contribution < -0.4 is 0 Å². The molecule has 0 saturated carbocycles. The number of rotatable bonds is 4. The van der Waals surface area contributed by atoms with E-state index >= 15 is 0 Å². The number of benzene rings is 1. The van der Waals surface area contributed by atoms with E-state index in [1.807, 2.05) is 18.2 Å². The summed E-state index contributed by atoms with van der Waals surface area (Å²) in [5.74, 6) is -0.337. The molecule has 5 heteroatoms. The fourth-order valence-corrected chi connectivity index (χ4v) is 2.70. The third kappa shape index (κ3) is 2.97. The molecule has 110 valence electrons. The lowest BCUT2D eigenvalue weighted by atomic mass is 10.0. The number of carbonyl (C=O) groups excluding carboxylic acids is 1. The van der Waals surface area contributed by atoms with Gasteiger partial charge >= 0.3 is 5.97 Å². The Labute approximate surface area is 123 Å². The molecule has 1 aliphatic heterocycles. The summed E-state index contributed by atoms with van der Waals surface area (Å²) >= 11 is 0. The van der Waals surface area contributed by atoms with E-state index in [4.69, 9.17) is 4.74 Å². The van der Waals surface area contributed by atoms with Crippen LogP contribution in [0.4, 0.5) is 0 Å². The van der Waals surface area contributed by atoms with Crippen LogP contribution in [-0.2, 0) is 24.2 Å². The van der Waals surface area contributed by atoms with Gasteiger partial charge in [-0.15, -0.1) is 0 Å². The number of carbonyl (C=O) groups is 1. The molecular formula is C16H19N3O2. The summed E-state index contributed by atoms with van der Waals surface area (Å²) in [6.45, 7) is 4.75. The van der Waals surface area contributed by atoms with Gasteiger partial charge < -0.3 is 4.74 Å². The number of esters is 1. The Morgan fingerprint density at radius 3 is 2.95 bits per heavy atom. The fraction of sp³-hybridized carbons (Fsp3) is 0.375. The molecule has 5 nitrogen and oxygen atoms in total. The highest BCUT2D eigenvalue weighted by Gasteiger charge is 2.26. The molecule has 2 heterocycles. The van der Waals surface area contributed by atoms with Crippen LogP contribution in [0.5, 0.6) is 0 Å². The number of nitrogens with one attached hydrogen (secondary N) is 1. The monoisotopic (exact) mass is 285 g/mol. The Morgan fingerprint density at radius 2 is 2.19 bits per heavy atom. The second-order valence-corrected chi connectivity index (χ2v) is 5.20. The van der Waals surface area contributed by atoms with Crippen LogP contribution in [0.25, 0.3) is 0 Å². The molecule has 1 aromatic carbocycles. The largest absolute Gasteiger partial charge is 0.461 e. The predicted octanol–water partition coefficient (Wildman–Crippen LogP) is 2.14. The zero-order valence-electron chi connectivity index (χ0n) is 12.1. The number of H-pyrrole nitrogens is 1. The minimum atomic E-state index is -0.337. The molecular weight excluding hydrogens is 266 g/mol. The molecule has 0 radical (unpaired) electrons. The Hall–Kier alpha value is -2.14. The average Bonchev–Trinajstić information content (AvgIpc) is 2.92. The lowest BCUT2D eigenvalue weighted by Crippen LogP contribution is -2.30. The van der Waals surface area contributed by atoms with E-state index in [1.165, 1.54) is 5.56 Å². The van der Waals surface area contributed by atoms with Crippen LogP contribution in [0, 0.1) is 0 Å². The molecule has 0 bridgehead atoms. The molecule has 0 saturated heterocycles. The van der Waals surface area contributed by atoms with Crippen molar-refractivity contribution >= 4 is 5.97 Å². The first-order chi connectivity index (χ1) is 10.3. The Balaban J connectivity index is 1.75. The van der Waals surface area contributed by atoms with Gasteiger partial charge in [-0.1, -0.05) is 30.3 Å². The van der Waals surface area contributed by atoms with Gasteiger partial charge in [-0.3, -0.25) is 10.00 Å². The van der Waals surface area contributed by atoms with Gasteiger partial charge in [0.25, 0.3) is 0 Å². The van der Waals surface area contributed by atoms with E-state index in [1.54, 1.807) is 6.92 Å². The second kappa shape index (κ2) is 6.10. The third-order valence-electron chi connectivity index (χ3n) is 3.73. The molecule has 1 aromatic heterocycles. The molecule has 3 rings (SSSR count). The first kappa shape index (κ1) is 13.8. The van der Waals surface area contributed by atoms with Gasteiger partial charge in [0.15, 0.2) is 5.69 Å². The molecule has 0 amide bonds. The summed E-state index contributed by atoms with van der Waals surface area (Å²) in [6, 6.07) is 10.4. The SMILES string of the molecule is CCOC(=O)c1n[nH]c2c1CN(Cc1ccccc1)CC2. The Bertz CT molecular complexity index is 622. The van der Waals surface area contributed by atoms with Crippen LogP contribution in [-0.4, -0.2) is 34.2 Å². The number of aromatic amines is 1. The van der Waals surface area contributed by atoms with Crippen molar-refractivity contribution in [1.82, 2.24) is 15.1 Å². The van der Waals surface area contributed by atoms with Gasteiger partial charge in [0, 0.05) is 37.3 Å². The molecule has 0 spiro atoms. The minimum Gasteiger partial charge on any atom is -0.461 e. The number of hydrogen-bond acceptors (Lipinski definition) is 4. The van der Waals surface area contributed by atoms with E-state index in [2.05, 4.69) is 27.2 Å². The third-order valence-corrected chi connectivity index (χ3v) is 3.73. The maximum absolute atomic E-state index is 11.9. The normalized spacial score (nSPS) is 14.7. The van der Waals surface area contributed by atoms with Crippen molar-refractivity contribution in [3.8, 4) is 0 Å². The van der Waals surface area contributed by atoms with Crippen molar-refractivity contribution in [3.05, 3.63) is 52.8 Å². The number of nitrogens with zero attached hydrogens (tertiary/aromatic N) is 2. The van der Waals surface area contributed by atoms with E-state index in [0.29, 0.717) is 12.3 Å². The zero-order chi connectivity index (χ0) is 14.7. The van der Waals surface area contributed by atoms with Crippen molar-refractivity contribution in [2.45, 2.75) is 26.4 Å². The second-order valence-electron chi connectivity index (χ2n) is 5.20. The Kier molecular flexibility index (Phi) is 4.01. The van der Waals surface area contributed by atoms with Crippen molar-refractivity contribution in [3.63, 3.8) is 0 Å². The fourth-order valence-electron chi connectivity index (χ4n) is 2.70. The quantitative estimate of drug-likeness (QED) is 0.874. The maximum atomic E-state index is 11.9. The van der Waals surface area contributed by atoms with Gasteiger partial charge in [-0.25, -0.2) is 4.79 Å². The van der Waals surface area contributed by atoms with Gasteiger partial charge in [0.2, 0.25) is 0 Å². The number of fused-ring (bicyclic) bond motifs is 1. The van der Waals surface area contributed by atoms with Crippen LogP contribution in [0.1, 0.15) is 34.2 Å². The highest BCUT2D eigenvalue weighted by Crippen LogP contribution is 2.22. The molecule has 21 heavy (non-hydrogen) atoms.